The van der Waals surface area contributed by atoms with Gasteiger partial charge in [0.1, 0.15) is 0 Å². The van der Waals surface area contributed by atoms with Gasteiger partial charge in [0, 0.05) is 0 Å². The van der Waals surface area contributed by atoms with E-state index in [2.05, 4.69) is 49.9 Å². The number of nitrogens with zero attached hydrogens (tertiary/aromatic N) is 2. The Morgan fingerprint density at radius 3 is 1.67 bits per heavy atom. The second-order valence-corrected chi connectivity index (χ2v) is 6.10. The third kappa shape index (κ3) is 4.89. The summed E-state index contributed by atoms with van der Waals surface area (Å²) in [5.74, 6) is 0. The van der Waals surface area contributed by atoms with Crippen LogP contribution in [0, 0.1) is 0 Å². The Morgan fingerprint density at radius 1 is 1.11 bits per heavy atom. The topological polar surface area (TPSA) is 24.7 Å². The minimum absolute atomic E-state index is 1.74. The zero-order valence-electron chi connectivity index (χ0n) is 5.21. The predicted octanol–water partition coefficient (Wildman–Crippen LogP) is -0.164. The molecule has 0 aliphatic rings. The van der Waals surface area contributed by atoms with Crippen LogP contribution in [0.4, 0.5) is 0 Å². The summed E-state index contributed by atoms with van der Waals surface area (Å²) < 4.78 is 13.3. The van der Waals surface area contributed by atoms with Crippen LogP contribution < -0.4 is 0 Å². The number of hydrogen-bond donors (Lipinski definition) is 0. The molecule has 0 unspecified atom stereocenters. The quantitative estimate of drug-likeness (QED) is 0.491. The molecule has 0 heterocycles. The number of hydrogen-bond acceptors (Lipinski definition) is 2. The monoisotopic (exact) mass is 270 g/mol. The van der Waals surface area contributed by atoms with Crippen LogP contribution in [0.15, 0.2) is 9.32 Å². The maximum absolute atomic E-state index is 4.03. The zero-order valence-corrected chi connectivity index (χ0v) is 9.64. The van der Waals surface area contributed by atoms with E-state index in [0.29, 0.717) is 0 Å². The molecule has 5 heteroatoms. The van der Waals surface area contributed by atoms with E-state index in [1.165, 1.54) is 0 Å². The van der Waals surface area contributed by atoms with E-state index in [1.54, 1.807) is 0 Å². The van der Waals surface area contributed by atoms with Crippen molar-refractivity contribution >= 4 is 49.0 Å². The molecular weight excluding hydrogens is 262 g/mol. The van der Waals surface area contributed by atoms with Gasteiger partial charge in [-0.2, -0.15) is 0 Å². The van der Waals surface area contributed by atoms with Crippen molar-refractivity contribution in [3.05, 3.63) is 0 Å². The summed E-state index contributed by atoms with van der Waals surface area (Å²) in [5.41, 5.74) is 0. The first kappa shape index (κ1) is 9.42. The summed E-state index contributed by atoms with van der Waals surface area (Å²) >= 11 is 5.15. The Labute approximate surface area is 71.4 Å². The van der Waals surface area contributed by atoms with Gasteiger partial charge >= 0.3 is 71.4 Å². The van der Waals surface area contributed by atoms with E-state index in [-0.39, 0.29) is 0 Å². The Morgan fingerprint density at radius 2 is 1.44 bits per heavy atom. The van der Waals surface area contributed by atoms with Gasteiger partial charge in [0.15, 0.2) is 0 Å². The molecule has 0 fully saturated rings. The van der Waals surface area contributed by atoms with Crippen LogP contribution in [0.3, 0.4) is 0 Å². The first-order valence-electron chi connectivity index (χ1n) is 2.30. The van der Waals surface area contributed by atoms with Crippen LogP contribution in [-0.2, 0) is 0 Å². The normalized spacial score (nSPS) is 9.11. The van der Waals surface area contributed by atoms with Crippen LogP contribution in [0.5, 0.6) is 0 Å². The summed E-state index contributed by atoms with van der Waals surface area (Å²) in [6.07, 6.45) is 0. The van der Waals surface area contributed by atoms with Gasteiger partial charge in [-0.25, -0.2) is 0 Å². The molecule has 0 rings (SSSR count). The van der Waals surface area contributed by atoms with Gasteiger partial charge < -0.3 is 0 Å². The van der Waals surface area contributed by atoms with Crippen LogP contribution in [0.1, 0.15) is 0 Å². The van der Waals surface area contributed by atoms with Crippen LogP contribution in [0.2, 0.25) is 13.1 Å². The van der Waals surface area contributed by atoms with Crippen LogP contribution in [0.25, 0.3) is 0 Å². The van der Waals surface area contributed by atoms with E-state index in [0.717, 1.165) is 0 Å². The molecule has 0 aliphatic carbocycles. The first-order chi connectivity index (χ1) is 4.12. The molecule has 48 valence electrons. The van der Waals surface area contributed by atoms with Crippen molar-refractivity contribution in [2.75, 3.05) is 0 Å². The minimum atomic E-state index is -1.74. The van der Waals surface area contributed by atoms with Gasteiger partial charge in [-0.1, -0.05) is 0 Å². The van der Waals surface area contributed by atoms with E-state index in [9.17, 15) is 0 Å². The van der Waals surface area contributed by atoms with Gasteiger partial charge in [-0.05, 0) is 0 Å². The van der Waals surface area contributed by atoms with Gasteiger partial charge in [-0.3, -0.25) is 0 Å². The van der Waals surface area contributed by atoms with E-state index in [1.807, 2.05) is 13.1 Å². The van der Waals surface area contributed by atoms with Gasteiger partial charge in [0.25, 0.3) is 0 Å². The molecule has 0 aromatic heterocycles. The predicted molar refractivity (Wildman–Crippen MR) is 43.9 cm³/mol. The molecule has 0 aromatic carbocycles. The van der Waals surface area contributed by atoms with Crippen LogP contribution in [-0.4, -0.2) is 49.0 Å². The second kappa shape index (κ2) is 4.27. The Bertz CT molecular complexity index is 169. The fraction of sp³-hybridized carbons (Fsp3) is 0.500. The summed E-state index contributed by atoms with van der Waals surface area (Å²) in [6, 6.07) is 0. The summed E-state index contributed by atoms with van der Waals surface area (Å²) in [5, 5.41) is 0. The van der Waals surface area contributed by atoms with Crippen molar-refractivity contribution < 1.29 is 0 Å². The van der Waals surface area contributed by atoms with Crippen molar-refractivity contribution in [1.82, 2.24) is 0 Å². The average molecular weight is 268 g/mol. The molecule has 0 amide bonds. The molecule has 2 nitrogen and oxygen atoms in total. The fourth-order valence-electron chi connectivity index (χ4n) is 0.248. The fourth-order valence-corrected chi connectivity index (χ4v) is 3.56. The van der Waals surface area contributed by atoms with Gasteiger partial charge in [0.2, 0.25) is 0 Å². The summed E-state index contributed by atoms with van der Waals surface area (Å²) in [4.78, 5) is 0. The molecule has 0 aliphatic heterocycles. The SMILES string of the molecule is C[Si](C)(N=C=[Se])N=C=[Se]. The van der Waals surface area contributed by atoms with Gasteiger partial charge in [0.05, 0.1) is 0 Å². The molecule has 0 radical (unpaired) electrons. The maximum atomic E-state index is 4.03. The first-order valence-corrected chi connectivity index (χ1v) is 6.91. The van der Waals surface area contributed by atoms with E-state index < -0.39 is 8.40 Å². The van der Waals surface area contributed by atoms with Crippen LogP contribution >= 0.6 is 0 Å². The van der Waals surface area contributed by atoms with Crippen molar-refractivity contribution in [2.45, 2.75) is 13.1 Å². The number of rotatable bonds is 2. The molecule has 0 bridgehead atoms. The Hall–Kier alpha value is 0.416. The Kier molecular flexibility index (Phi) is 4.46. The molecular formula is C4H6N2Se2Si. The molecule has 0 N–H and O–H groups in total. The average Bonchev–Trinajstić information content (AvgIpc) is 1.64. The second-order valence-electron chi connectivity index (χ2n) is 1.90. The summed E-state index contributed by atoms with van der Waals surface area (Å²) in [6.45, 7) is 4.00. The van der Waals surface area contributed by atoms with Gasteiger partial charge in [-0.15, -0.1) is 0 Å². The molecule has 0 atom stereocenters. The third-order valence-corrected chi connectivity index (χ3v) is 3.06. The Balaban J connectivity index is 4.36. The van der Waals surface area contributed by atoms with Crippen molar-refractivity contribution in [3.8, 4) is 0 Å². The van der Waals surface area contributed by atoms with Crippen molar-refractivity contribution in [2.24, 2.45) is 9.32 Å². The van der Waals surface area contributed by atoms with Crippen molar-refractivity contribution in [3.63, 3.8) is 0 Å². The summed E-state index contributed by atoms with van der Waals surface area (Å²) in [7, 11) is -1.74. The molecule has 0 saturated heterocycles. The molecule has 0 aromatic rings. The third-order valence-electron chi connectivity index (χ3n) is 0.639. The van der Waals surface area contributed by atoms with E-state index in [4.69, 9.17) is 0 Å². The molecule has 0 spiro atoms. The molecule has 0 saturated carbocycles. The zero-order chi connectivity index (χ0) is 7.33. The van der Waals surface area contributed by atoms with Crippen molar-refractivity contribution in [1.29, 1.82) is 0 Å². The van der Waals surface area contributed by atoms with E-state index >= 15 is 0 Å². The standard InChI is InChI=1S/C4H6N2Se2Si/c1-9(2,5-3-7)6-4-8/h1-2H3. The molecule has 9 heavy (non-hydrogen) atoms.